The highest BCUT2D eigenvalue weighted by atomic mass is 35.5. The summed E-state index contributed by atoms with van der Waals surface area (Å²) in [4.78, 5) is 26.1. The van der Waals surface area contributed by atoms with E-state index in [1.54, 1.807) is 42.5 Å². The van der Waals surface area contributed by atoms with E-state index in [2.05, 4.69) is 5.32 Å². The summed E-state index contributed by atoms with van der Waals surface area (Å²) in [5.74, 6) is 0.468. The molecular weight excluding hydrogens is 380 g/mol. The number of benzene rings is 2. The third-order valence-corrected chi connectivity index (χ3v) is 4.63. The lowest BCUT2D eigenvalue weighted by Crippen LogP contribution is -2.30. The van der Waals surface area contributed by atoms with Gasteiger partial charge in [-0.05, 0) is 49.2 Å². The second-order valence-corrected chi connectivity index (χ2v) is 6.74. The number of nitrogens with zero attached hydrogens (tertiary/aromatic N) is 1. The second kappa shape index (κ2) is 8.35. The van der Waals surface area contributed by atoms with Crippen molar-refractivity contribution in [2.24, 2.45) is 0 Å². The lowest BCUT2D eigenvalue weighted by atomic mass is 10.1. The number of anilines is 1. The van der Waals surface area contributed by atoms with Crippen molar-refractivity contribution >= 4 is 35.3 Å². The number of hydrogen-bond acceptors (Lipinski definition) is 4. The number of nitrogens with one attached hydrogen (secondary N) is 1. The Bertz CT molecular complexity index is 928. The summed E-state index contributed by atoms with van der Waals surface area (Å²) >= 11 is 6.37. The Balaban J connectivity index is 1.92. The standard InChI is InChI=1S/C21H21ClN2O4/c1-4-13(2)28-19-16(22)10-14(12-18(19)27-3)11-17-20(25)24(21(26)23-17)15-8-6-5-7-9-15/h5-13H,4H2,1-3H3,(H,23,26)/b17-11+/t13-/m0/s1. The topological polar surface area (TPSA) is 67.9 Å². The van der Waals surface area contributed by atoms with Crippen LogP contribution in [0.2, 0.25) is 5.02 Å². The van der Waals surface area contributed by atoms with Crippen LogP contribution in [0, 0.1) is 0 Å². The lowest BCUT2D eigenvalue weighted by molar-refractivity contribution is -0.113. The number of imide groups is 1. The molecule has 1 heterocycles. The second-order valence-electron chi connectivity index (χ2n) is 6.34. The van der Waals surface area contributed by atoms with Crippen molar-refractivity contribution in [3.8, 4) is 11.5 Å². The maximum Gasteiger partial charge on any atom is 0.333 e. The van der Waals surface area contributed by atoms with Crippen LogP contribution in [0.4, 0.5) is 10.5 Å². The molecule has 28 heavy (non-hydrogen) atoms. The molecule has 0 aliphatic carbocycles. The zero-order valence-electron chi connectivity index (χ0n) is 15.9. The van der Waals surface area contributed by atoms with E-state index in [0.29, 0.717) is 27.8 Å². The average Bonchev–Trinajstić information content (AvgIpc) is 2.97. The number of carbonyl (C=O) groups is 2. The Morgan fingerprint density at radius 1 is 1.21 bits per heavy atom. The van der Waals surface area contributed by atoms with Gasteiger partial charge in [0.2, 0.25) is 0 Å². The molecule has 3 amide bonds. The third-order valence-electron chi connectivity index (χ3n) is 4.35. The Kier molecular flexibility index (Phi) is 5.90. The number of rotatable bonds is 6. The van der Waals surface area contributed by atoms with Gasteiger partial charge < -0.3 is 14.8 Å². The molecule has 1 atom stereocenters. The molecule has 1 aliphatic rings. The number of methoxy groups -OCH3 is 1. The van der Waals surface area contributed by atoms with Crippen LogP contribution in [-0.4, -0.2) is 25.2 Å². The van der Waals surface area contributed by atoms with E-state index in [4.69, 9.17) is 21.1 Å². The van der Waals surface area contributed by atoms with Gasteiger partial charge in [-0.25, -0.2) is 9.69 Å². The number of ether oxygens (including phenoxy) is 2. The predicted octanol–water partition coefficient (Wildman–Crippen LogP) is 4.62. The number of hydrogen-bond donors (Lipinski definition) is 1. The monoisotopic (exact) mass is 400 g/mol. The molecule has 1 aliphatic heterocycles. The van der Waals surface area contributed by atoms with Crippen molar-refractivity contribution < 1.29 is 19.1 Å². The van der Waals surface area contributed by atoms with Crippen molar-refractivity contribution in [2.45, 2.75) is 26.4 Å². The van der Waals surface area contributed by atoms with Gasteiger partial charge in [0.25, 0.3) is 5.91 Å². The number of urea groups is 1. The van der Waals surface area contributed by atoms with E-state index in [1.165, 1.54) is 7.11 Å². The molecular formula is C21H21ClN2O4. The van der Waals surface area contributed by atoms with Crippen LogP contribution in [-0.2, 0) is 4.79 Å². The number of carbonyl (C=O) groups excluding carboxylic acids is 2. The molecule has 3 rings (SSSR count). The summed E-state index contributed by atoms with van der Waals surface area (Å²) in [7, 11) is 1.52. The first-order chi connectivity index (χ1) is 13.4. The van der Waals surface area contributed by atoms with E-state index in [0.717, 1.165) is 11.3 Å². The SMILES string of the molecule is CC[C@H](C)Oc1c(Cl)cc(/C=C2/NC(=O)N(c3ccccc3)C2=O)cc1OC. The Labute approximate surface area is 168 Å². The number of halogens is 1. The zero-order chi connectivity index (χ0) is 20.3. The molecule has 0 aromatic heterocycles. The molecule has 0 radical (unpaired) electrons. The Morgan fingerprint density at radius 3 is 2.57 bits per heavy atom. The van der Waals surface area contributed by atoms with Crippen molar-refractivity contribution in [3.63, 3.8) is 0 Å². The molecule has 0 bridgehead atoms. The maximum absolute atomic E-state index is 12.7. The summed E-state index contributed by atoms with van der Waals surface area (Å²) in [6.45, 7) is 3.95. The minimum absolute atomic E-state index is 0.0225. The van der Waals surface area contributed by atoms with Crippen LogP contribution >= 0.6 is 11.6 Å². The molecule has 146 valence electrons. The average molecular weight is 401 g/mol. The van der Waals surface area contributed by atoms with Gasteiger partial charge in [0.15, 0.2) is 11.5 Å². The zero-order valence-corrected chi connectivity index (χ0v) is 16.6. The highest BCUT2D eigenvalue weighted by Crippen LogP contribution is 2.38. The van der Waals surface area contributed by atoms with Crippen LogP contribution in [0.15, 0.2) is 48.2 Å². The first kappa shape index (κ1) is 19.8. The summed E-state index contributed by atoms with van der Waals surface area (Å²) in [6.07, 6.45) is 2.36. The van der Waals surface area contributed by atoms with Crippen molar-refractivity contribution in [1.82, 2.24) is 5.32 Å². The summed E-state index contributed by atoms with van der Waals surface area (Å²) in [5.41, 5.74) is 1.26. The van der Waals surface area contributed by atoms with E-state index in [9.17, 15) is 9.59 Å². The summed E-state index contributed by atoms with van der Waals surface area (Å²) in [5, 5.41) is 2.96. The van der Waals surface area contributed by atoms with Gasteiger partial charge in [0, 0.05) is 0 Å². The predicted molar refractivity (Wildman–Crippen MR) is 109 cm³/mol. The molecule has 0 unspecified atom stereocenters. The molecule has 1 saturated heterocycles. The molecule has 2 aromatic rings. The van der Waals surface area contributed by atoms with Crippen LogP contribution in [0.5, 0.6) is 11.5 Å². The minimum atomic E-state index is -0.503. The van der Waals surface area contributed by atoms with E-state index < -0.39 is 11.9 Å². The van der Waals surface area contributed by atoms with Crippen LogP contribution in [0.25, 0.3) is 6.08 Å². The van der Waals surface area contributed by atoms with Crippen molar-refractivity contribution in [3.05, 3.63) is 58.7 Å². The molecule has 0 saturated carbocycles. The highest BCUT2D eigenvalue weighted by Gasteiger charge is 2.34. The molecule has 6 nitrogen and oxygen atoms in total. The molecule has 7 heteroatoms. The Morgan fingerprint density at radius 2 is 1.93 bits per heavy atom. The van der Waals surface area contributed by atoms with Crippen molar-refractivity contribution in [1.29, 1.82) is 0 Å². The Hall–Kier alpha value is -2.99. The van der Waals surface area contributed by atoms with E-state index in [-0.39, 0.29) is 11.8 Å². The van der Waals surface area contributed by atoms with Gasteiger partial charge in [-0.2, -0.15) is 0 Å². The van der Waals surface area contributed by atoms with Gasteiger partial charge in [-0.3, -0.25) is 4.79 Å². The van der Waals surface area contributed by atoms with Gasteiger partial charge >= 0.3 is 6.03 Å². The molecule has 1 N–H and O–H groups in total. The fraction of sp³-hybridized carbons (Fsp3) is 0.238. The largest absolute Gasteiger partial charge is 0.493 e. The van der Waals surface area contributed by atoms with Gasteiger partial charge in [-0.15, -0.1) is 0 Å². The lowest BCUT2D eigenvalue weighted by Gasteiger charge is -2.17. The summed E-state index contributed by atoms with van der Waals surface area (Å²) < 4.78 is 11.2. The van der Waals surface area contributed by atoms with Crippen LogP contribution in [0.1, 0.15) is 25.8 Å². The van der Waals surface area contributed by atoms with Crippen LogP contribution < -0.4 is 19.7 Å². The number of para-hydroxylation sites is 1. The minimum Gasteiger partial charge on any atom is -0.493 e. The molecule has 2 aromatic carbocycles. The van der Waals surface area contributed by atoms with Gasteiger partial charge in [0.1, 0.15) is 5.70 Å². The van der Waals surface area contributed by atoms with E-state index >= 15 is 0 Å². The first-order valence-electron chi connectivity index (χ1n) is 8.91. The first-order valence-corrected chi connectivity index (χ1v) is 9.28. The van der Waals surface area contributed by atoms with E-state index in [1.807, 2.05) is 19.9 Å². The normalized spacial score (nSPS) is 16.3. The quantitative estimate of drug-likeness (QED) is 0.567. The maximum atomic E-state index is 12.7. The third kappa shape index (κ3) is 3.97. The van der Waals surface area contributed by atoms with Gasteiger partial charge in [0.05, 0.1) is 23.9 Å². The molecule has 1 fully saturated rings. The fourth-order valence-electron chi connectivity index (χ4n) is 2.74. The van der Waals surface area contributed by atoms with Crippen LogP contribution in [0.3, 0.4) is 0 Å². The van der Waals surface area contributed by atoms with Crippen molar-refractivity contribution in [2.75, 3.05) is 12.0 Å². The molecule has 0 spiro atoms. The fourth-order valence-corrected chi connectivity index (χ4v) is 3.00. The summed E-state index contributed by atoms with van der Waals surface area (Å²) in [6, 6.07) is 11.6. The smallest absolute Gasteiger partial charge is 0.333 e. The number of amides is 3. The highest BCUT2D eigenvalue weighted by molar-refractivity contribution is 6.32. The van der Waals surface area contributed by atoms with Gasteiger partial charge in [-0.1, -0.05) is 36.7 Å².